The van der Waals surface area contributed by atoms with E-state index in [1.54, 1.807) is 7.05 Å². The van der Waals surface area contributed by atoms with Gasteiger partial charge in [-0.2, -0.15) is 4.98 Å². The molecule has 1 aliphatic rings. The van der Waals surface area contributed by atoms with Crippen molar-refractivity contribution < 1.29 is 4.21 Å². The first-order chi connectivity index (χ1) is 13.5. The largest absolute Gasteiger partial charge is 0.368 e. The molecule has 0 radical (unpaired) electrons. The van der Waals surface area contributed by atoms with Crippen LogP contribution in [0.3, 0.4) is 0 Å². The van der Waals surface area contributed by atoms with E-state index in [1.807, 2.05) is 12.1 Å². The Kier molecular flexibility index (Phi) is 7.66. The lowest BCUT2D eigenvalue weighted by Crippen LogP contribution is -2.47. The molecule has 0 aliphatic carbocycles. The summed E-state index contributed by atoms with van der Waals surface area (Å²) in [6, 6.07) is 8.45. The van der Waals surface area contributed by atoms with Gasteiger partial charge in [0.25, 0.3) is 0 Å². The molecule has 3 rings (SSSR count). The quantitative estimate of drug-likeness (QED) is 0.561. The maximum Gasteiger partial charge on any atom is 0.246 e. The van der Waals surface area contributed by atoms with Gasteiger partial charge in [0, 0.05) is 37.2 Å². The van der Waals surface area contributed by atoms with Crippen LogP contribution in [0.25, 0.3) is 0 Å². The van der Waals surface area contributed by atoms with Gasteiger partial charge in [-0.3, -0.25) is 4.90 Å². The van der Waals surface area contributed by atoms with Gasteiger partial charge in [-0.1, -0.05) is 23.7 Å². The van der Waals surface area contributed by atoms with Crippen LogP contribution in [0, 0.1) is 0 Å². The molecule has 2 aromatic rings. The molecule has 2 heterocycles. The molecule has 0 saturated carbocycles. The molecule has 0 spiro atoms. The second-order valence-corrected chi connectivity index (χ2v) is 8.85. The van der Waals surface area contributed by atoms with Crippen molar-refractivity contribution in [3.63, 3.8) is 0 Å². The lowest BCUT2D eigenvalue weighted by molar-refractivity contribution is 0.180. The van der Waals surface area contributed by atoms with Gasteiger partial charge >= 0.3 is 0 Å². The van der Waals surface area contributed by atoms with Crippen LogP contribution in [0.5, 0.6) is 0 Å². The topological polar surface area (TPSA) is 103 Å². The highest BCUT2D eigenvalue weighted by molar-refractivity contribution is 7.83. The molecule has 4 N–H and O–H groups in total. The Balaban J connectivity index is 1.58. The van der Waals surface area contributed by atoms with E-state index in [0.29, 0.717) is 23.7 Å². The smallest absolute Gasteiger partial charge is 0.246 e. The summed E-state index contributed by atoms with van der Waals surface area (Å²) in [7, 11) is 0.737. The highest BCUT2D eigenvalue weighted by atomic mass is 35.5. The molecule has 28 heavy (non-hydrogen) atoms. The predicted octanol–water partition coefficient (Wildman–Crippen LogP) is 1.44. The maximum atomic E-state index is 11.9. The van der Waals surface area contributed by atoms with Crippen LogP contribution in [0.1, 0.15) is 18.4 Å². The van der Waals surface area contributed by atoms with Crippen molar-refractivity contribution in [1.82, 2.24) is 24.8 Å². The Morgan fingerprint density at radius 1 is 1.32 bits per heavy atom. The molecule has 1 aliphatic heterocycles. The number of hydrogen-bond donors (Lipinski definition) is 3. The van der Waals surface area contributed by atoms with Crippen LogP contribution in [-0.2, 0) is 17.4 Å². The SMILES string of the molecule is CNS(=O)CCN(CCc1ccc(Cl)cc1)C1CCN(c2n[nH]c(N)n2)CC1. The van der Waals surface area contributed by atoms with Crippen molar-refractivity contribution in [2.45, 2.75) is 25.3 Å². The number of piperidine rings is 1. The molecule has 1 fully saturated rings. The summed E-state index contributed by atoms with van der Waals surface area (Å²) < 4.78 is 14.7. The fraction of sp³-hybridized carbons (Fsp3) is 0.556. The monoisotopic (exact) mass is 425 g/mol. The fourth-order valence-corrected chi connectivity index (χ4v) is 4.27. The third-order valence-corrected chi connectivity index (χ3v) is 6.41. The molecule has 0 amide bonds. The first kappa shape index (κ1) is 21.0. The summed E-state index contributed by atoms with van der Waals surface area (Å²) in [6.45, 7) is 3.50. The third kappa shape index (κ3) is 5.91. The summed E-state index contributed by atoms with van der Waals surface area (Å²) in [4.78, 5) is 8.85. The van der Waals surface area contributed by atoms with Gasteiger partial charge in [-0.15, -0.1) is 5.10 Å². The van der Waals surface area contributed by atoms with E-state index in [0.717, 1.165) is 50.5 Å². The van der Waals surface area contributed by atoms with Gasteiger partial charge in [0.1, 0.15) is 0 Å². The van der Waals surface area contributed by atoms with Crippen molar-refractivity contribution in [2.24, 2.45) is 0 Å². The molecule has 1 aromatic heterocycles. The average Bonchev–Trinajstić information content (AvgIpc) is 3.15. The Morgan fingerprint density at radius 2 is 2.04 bits per heavy atom. The highest BCUT2D eigenvalue weighted by Gasteiger charge is 2.26. The number of hydrogen-bond acceptors (Lipinski definition) is 6. The number of nitrogens with one attached hydrogen (secondary N) is 2. The number of benzene rings is 1. The zero-order valence-corrected chi connectivity index (χ0v) is 17.7. The first-order valence-electron chi connectivity index (χ1n) is 9.52. The lowest BCUT2D eigenvalue weighted by atomic mass is 10.0. The number of anilines is 2. The minimum absolute atomic E-state index is 0.344. The molecule has 1 atom stereocenters. The summed E-state index contributed by atoms with van der Waals surface area (Å²) in [6.07, 6.45) is 2.98. The molecule has 10 heteroatoms. The van der Waals surface area contributed by atoms with Crippen molar-refractivity contribution in [3.05, 3.63) is 34.9 Å². The highest BCUT2D eigenvalue weighted by Crippen LogP contribution is 2.21. The third-order valence-electron chi connectivity index (χ3n) is 5.15. The molecule has 1 unspecified atom stereocenters. The van der Waals surface area contributed by atoms with Crippen molar-refractivity contribution >= 4 is 34.5 Å². The van der Waals surface area contributed by atoms with E-state index in [4.69, 9.17) is 17.3 Å². The minimum atomic E-state index is -0.995. The van der Waals surface area contributed by atoms with Crippen molar-refractivity contribution in [1.29, 1.82) is 0 Å². The van der Waals surface area contributed by atoms with Crippen molar-refractivity contribution in [2.75, 3.05) is 49.6 Å². The van der Waals surface area contributed by atoms with Crippen LogP contribution < -0.4 is 15.4 Å². The van der Waals surface area contributed by atoms with E-state index >= 15 is 0 Å². The number of nitrogen functional groups attached to an aromatic ring is 1. The van der Waals surface area contributed by atoms with Gasteiger partial charge in [0.15, 0.2) is 0 Å². The summed E-state index contributed by atoms with van der Waals surface area (Å²) in [5.41, 5.74) is 6.90. The lowest BCUT2D eigenvalue weighted by Gasteiger charge is -2.38. The Morgan fingerprint density at radius 3 is 2.64 bits per heavy atom. The van der Waals surface area contributed by atoms with E-state index < -0.39 is 11.0 Å². The van der Waals surface area contributed by atoms with Gasteiger partial charge < -0.3 is 10.6 Å². The van der Waals surface area contributed by atoms with E-state index in [-0.39, 0.29) is 0 Å². The normalized spacial score (nSPS) is 16.6. The maximum absolute atomic E-state index is 11.9. The Hall–Kier alpha value is -1.68. The molecular weight excluding hydrogens is 398 g/mol. The predicted molar refractivity (Wildman–Crippen MR) is 115 cm³/mol. The second kappa shape index (κ2) is 10.2. The average molecular weight is 426 g/mol. The molecule has 8 nitrogen and oxygen atoms in total. The standard InChI is InChI=1S/C18H28ClN7OS/c1-21-28(27)13-12-25(9-6-14-2-4-15(19)5-3-14)16-7-10-26(11-8-16)18-22-17(20)23-24-18/h2-5,16,21H,6-13H2,1H3,(H3,20,22,23,24). The zero-order chi connectivity index (χ0) is 19.9. The number of H-pyrrole nitrogens is 1. The molecule has 1 saturated heterocycles. The molecule has 0 bridgehead atoms. The van der Waals surface area contributed by atoms with Crippen LogP contribution in [-0.4, -0.2) is 69.3 Å². The van der Waals surface area contributed by atoms with Crippen LogP contribution in [0.15, 0.2) is 24.3 Å². The van der Waals surface area contributed by atoms with Gasteiger partial charge in [-0.25, -0.2) is 14.0 Å². The zero-order valence-electron chi connectivity index (χ0n) is 16.1. The summed E-state index contributed by atoms with van der Waals surface area (Å²) in [5.74, 6) is 1.63. The van der Waals surface area contributed by atoms with Crippen LogP contribution in [0.2, 0.25) is 5.02 Å². The van der Waals surface area contributed by atoms with Crippen molar-refractivity contribution in [3.8, 4) is 0 Å². The number of nitrogens with zero attached hydrogens (tertiary/aromatic N) is 4. The summed E-state index contributed by atoms with van der Waals surface area (Å²) >= 11 is 5.99. The number of nitrogens with two attached hydrogens (primary N) is 1. The Labute approximate surface area is 173 Å². The van der Waals surface area contributed by atoms with Crippen LogP contribution in [0.4, 0.5) is 11.9 Å². The summed E-state index contributed by atoms with van der Waals surface area (Å²) in [5, 5.41) is 7.61. The number of halogens is 1. The molecule has 1 aromatic carbocycles. The number of aromatic amines is 1. The minimum Gasteiger partial charge on any atom is -0.368 e. The van der Waals surface area contributed by atoms with Gasteiger partial charge in [0.05, 0.1) is 16.7 Å². The van der Waals surface area contributed by atoms with E-state index in [2.05, 4.69) is 41.8 Å². The van der Waals surface area contributed by atoms with Gasteiger partial charge in [-0.05, 0) is 44.0 Å². The van der Waals surface area contributed by atoms with Gasteiger partial charge in [0.2, 0.25) is 11.9 Å². The number of rotatable bonds is 9. The van der Waals surface area contributed by atoms with E-state index in [1.165, 1.54) is 5.56 Å². The molecular formula is C18H28ClN7OS. The first-order valence-corrected chi connectivity index (χ1v) is 11.2. The van der Waals surface area contributed by atoms with E-state index in [9.17, 15) is 4.21 Å². The Bertz CT molecular complexity index is 762. The molecule has 154 valence electrons. The number of aromatic nitrogens is 3. The fourth-order valence-electron chi connectivity index (χ4n) is 3.54. The van der Waals surface area contributed by atoms with Crippen LogP contribution >= 0.6 is 11.6 Å². The second-order valence-electron chi connectivity index (χ2n) is 6.91.